The monoisotopic (exact) mass is 851 g/mol. The fraction of sp³-hybridized carbons (Fsp3) is 0.288. The van der Waals surface area contributed by atoms with E-state index < -0.39 is 0 Å². The van der Waals surface area contributed by atoms with E-state index in [0.717, 1.165) is 17.8 Å². The highest BCUT2D eigenvalue weighted by Gasteiger charge is 2.61. The van der Waals surface area contributed by atoms with Crippen LogP contribution in [0.25, 0.3) is 20.2 Å². The molecule has 0 saturated heterocycles. The second-order valence-electron chi connectivity index (χ2n) is 21.8. The van der Waals surface area contributed by atoms with Crippen molar-refractivity contribution in [1.29, 1.82) is 0 Å². The summed E-state index contributed by atoms with van der Waals surface area (Å²) in [6.07, 6.45) is 4.85. The van der Waals surface area contributed by atoms with Crippen LogP contribution in [0.4, 0.5) is 45.5 Å². The molecular weight excluding hydrogens is 794 g/mol. The number of anilines is 8. The van der Waals surface area contributed by atoms with Crippen molar-refractivity contribution in [2.45, 2.75) is 110 Å². The van der Waals surface area contributed by atoms with Crippen molar-refractivity contribution in [2.75, 3.05) is 14.7 Å². The lowest BCUT2D eigenvalue weighted by molar-refractivity contribution is 0.195. The van der Waals surface area contributed by atoms with Crippen LogP contribution in [-0.2, 0) is 16.2 Å². The van der Waals surface area contributed by atoms with E-state index in [4.69, 9.17) is 0 Å². The largest absolute Gasteiger partial charge is 0.335 e. The maximum Gasteiger partial charge on any atom is 0.252 e. The minimum absolute atomic E-state index is 0.00983. The summed E-state index contributed by atoms with van der Waals surface area (Å²) in [4.78, 5) is 8.06. The first-order chi connectivity index (χ1) is 30.7. The van der Waals surface area contributed by atoms with E-state index in [2.05, 4.69) is 217 Å². The molecule has 1 aliphatic carbocycles. The van der Waals surface area contributed by atoms with Gasteiger partial charge in [0.25, 0.3) is 6.71 Å². The first-order valence-electron chi connectivity index (χ1n) is 23.6. The van der Waals surface area contributed by atoms with Gasteiger partial charge < -0.3 is 14.7 Å². The molecule has 1 aromatic heterocycles. The second-order valence-corrected chi connectivity index (χ2v) is 22.9. The van der Waals surface area contributed by atoms with Gasteiger partial charge in [0.2, 0.25) is 0 Å². The first kappa shape index (κ1) is 39.8. The van der Waals surface area contributed by atoms with Gasteiger partial charge in [-0.3, -0.25) is 0 Å². The van der Waals surface area contributed by atoms with Crippen molar-refractivity contribution < 1.29 is 0 Å². The van der Waals surface area contributed by atoms with E-state index in [1.54, 1.807) is 5.56 Å². The fourth-order valence-corrected chi connectivity index (χ4v) is 13.5. The summed E-state index contributed by atoms with van der Waals surface area (Å²) in [5.41, 5.74) is 20.0. The summed E-state index contributed by atoms with van der Waals surface area (Å²) >= 11 is 1.94. The van der Waals surface area contributed by atoms with Crippen molar-refractivity contribution >= 4 is 100 Å². The van der Waals surface area contributed by atoms with Crippen LogP contribution >= 0.6 is 11.3 Å². The summed E-state index contributed by atoms with van der Waals surface area (Å²) in [7, 11) is 0. The summed E-state index contributed by atoms with van der Waals surface area (Å²) in [5.74, 6) is 0. The van der Waals surface area contributed by atoms with Crippen LogP contribution in [-0.4, -0.2) is 12.3 Å². The van der Waals surface area contributed by atoms with Crippen LogP contribution in [0.2, 0.25) is 0 Å². The molecule has 2 unspecified atom stereocenters. The summed E-state index contributed by atoms with van der Waals surface area (Å²) in [5, 5.41) is 2.67. The number of fused-ring (bicyclic) bond motifs is 10. The predicted molar refractivity (Wildman–Crippen MR) is 278 cm³/mol. The molecule has 318 valence electrons. The Bertz CT molecular complexity index is 3170. The maximum atomic E-state index is 2.90. The summed E-state index contributed by atoms with van der Waals surface area (Å²) in [6, 6.07) is 53.8. The Morgan fingerprint density at radius 2 is 1.22 bits per heavy atom. The third-order valence-corrected chi connectivity index (χ3v) is 17.1. The lowest BCUT2D eigenvalue weighted by atomic mass is 9.33. The predicted octanol–water partition coefficient (Wildman–Crippen LogP) is 14.8. The van der Waals surface area contributed by atoms with Crippen LogP contribution in [0.15, 0.2) is 140 Å². The molecule has 8 aromatic rings. The number of thiophene rings is 1. The van der Waals surface area contributed by atoms with Gasteiger partial charge in [0.1, 0.15) is 0 Å². The molecule has 1 saturated carbocycles. The molecule has 0 N–H and O–H groups in total. The summed E-state index contributed by atoms with van der Waals surface area (Å²) in [6.45, 7) is 21.8. The minimum Gasteiger partial charge on any atom is -0.335 e. The van der Waals surface area contributed by atoms with Crippen molar-refractivity contribution in [3.05, 3.63) is 162 Å². The number of hydrogen-bond donors (Lipinski definition) is 0. The van der Waals surface area contributed by atoms with Crippen molar-refractivity contribution in [3.8, 4) is 0 Å². The molecule has 0 radical (unpaired) electrons. The third kappa shape index (κ3) is 5.52. The molecule has 64 heavy (non-hydrogen) atoms. The second kappa shape index (κ2) is 13.6. The molecule has 3 aliphatic heterocycles. The lowest BCUT2D eigenvalue weighted by Crippen LogP contribution is -2.64. The van der Waals surface area contributed by atoms with Gasteiger partial charge in [-0.05, 0) is 137 Å². The van der Waals surface area contributed by atoms with Crippen molar-refractivity contribution in [2.24, 2.45) is 0 Å². The van der Waals surface area contributed by atoms with E-state index in [-0.39, 0.29) is 28.5 Å². The van der Waals surface area contributed by atoms with Crippen molar-refractivity contribution in [3.63, 3.8) is 0 Å². The number of aryl methyl sites for hydroxylation is 1. The fourth-order valence-electron chi connectivity index (χ4n) is 12.3. The third-order valence-electron chi connectivity index (χ3n) is 16.0. The minimum atomic E-state index is -0.106. The van der Waals surface area contributed by atoms with Gasteiger partial charge in [0, 0.05) is 65.4 Å². The van der Waals surface area contributed by atoms with Gasteiger partial charge in [-0.2, -0.15) is 0 Å². The molecule has 3 nitrogen and oxygen atoms in total. The van der Waals surface area contributed by atoms with E-state index in [0.29, 0.717) is 0 Å². The van der Waals surface area contributed by atoms with Gasteiger partial charge in [-0.25, -0.2) is 0 Å². The Labute approximate surface area is 384 Å². The van der Waals surface area contributed by atoms with Gasteiger partial charge in [0.15, 0.2) is 0 Å². The highest BCUT2D eigenvalue weighted by Crippen LogP contribution is 2.63. The maximum absolute atomic E-state index is 2.90. The van der Waals surface area contributed by atoms with E-state index in [9.17, 15) is 0 Å². The molecular formula is C59H58BN3S. The van der Waals surface area contributed by atoms with Crippen LogP contribution in [0, 0.1) is 6.92 Å². The Hall–Kier alpha value is -5.78. The average Bonchev–Trinajstić information content (AvgIpc) is 3.74. The molecule has 5 heteroatoms. The molecule has 2 atom stereocenters. The molecule has 7 aromatic carbocycles. The zero-order valence-electron chi connectivity index (χ0n) is 38.9. The molecule has 1 fully saturated rings. The first-order valence-corrected chi connectivity index (χ1v) is 24.4. The number of para-hydroxylation sites is 2. The van der Waals surface area contributed by atoms with E-state index in [1.807, 2.05) is 11.3 Å². The number of benzene rings is 7. The topological polar surface area (TPSA) is 9.72 Å². The molecule has 0 amide bonds. The number of rotatable bonds is 4. The van der Waals surface area contributed by atoms with Crippen LogP contribution in [0.3, 0.4) is 0 Å². The molecule has 0 bridgehead atoms. The van der Waals surface area contributed by atoms with Gasteiger partial charge in [0.05, 0.1) is 11.2 Å². The Morgan fingerprint density at radius 3 is 1.91 bits per heavy atom. The SMILES string of the molecule is Cc1cc(C(C)(C)C)ccc1N1c2cc3c(cc2B2c4cc(C(C)(C)C)cc5c4N(c4cc(N(c6ccccc6)c6ccccc6)cc1c42)C1(C)CCCCC51C)sc1ccccc13. The molecule has 4 heterocycles. The zero-order chi connectivity index (χ0) is 44.1. The standard InChI is InChI=1S/C59H58BN3S/c1-37-30-38(56(2,3)4)26-27-48(37)62-49-35-44-43-24-16-17-25-52(43)64-53(44)36-46(49)60-47-32-39(57(5,6)7)31-45-55(47)63(59(9)29-19-18-28-58(45,59)8)51-34-42(33-50(62)54(51)60)61(40-20-12-10-13-21-40)41-22-14-11-15-23-41/h10-17,20-27,30-36H,18-19,28-29H2,1-9H3. The van der Waals surface area contributed by atoms with Gasteiger partial charge in [-0.1, -0.05) is 140 Å². The molecule has 0 spiro atoms. The Balaban J connectivity index is 1.26. The van der Waals surface area contributed by atoms with Crippen molar-refractivity contribution in [1.82, 2.24) is 0 Å². The highest BCUT2D eigenvalue weighted by atomic mass is 32.1. The normalized spacial score (nSPS) is 19.7. The van der Waals surface area contributed by atoms with Crippen LogP contribution in [0.1, 0.15) is 103 Å². The number of nitrogens with zero attached hydrogens (tertiary/aromatic N) is 3. The molecule has 4 aliphatic rings. The smallest absolute Gasteiger partial charge is 0.252 e. The average molecular weight is 852 g/mol. The van der Waals surface area contributed by atoms with Gasteiger partial charge >= 0.3 is 0 Å². The molecule has 12 rings (SSSR count). The van der Waals surface area contributed by atoms with Gasteiger partial charge in [-0.15, -0.1) is 11.3 Å². The van der Waals surface area contributed by atoms with E-state index >= 15 is 0 Å². The van der Waals surface area contributed by atoms with Crippen LogP contribution < -0.4 is 31.1 Å². The van der Waals surface area contributed by atoms with E-state index in [1.165, 1.54) is 107 Å². The Kier molecular flexibility index (Phi) is 8.47. The lowest BCUT2D eigenvalue weighted by Gasteiger charge is -2.53. The quantitative estimate of drug-likeness (QED) is 0.163. The Morgan fingerprint density at radius 1 is 0.562 bits per heavy atom. The number of hydrogen-bond acceptors (Lipinski definition) is 4. The van der Waals surface area contributed by atoms with Crippen LogP contribution in [0.5, 0.6) is 0 Å². The summed E-state index contributed by atoms with van der Waals surface area (Å²) < 4.78 is 2.70. The highest BCUT2D eigenvalue weighted by molar-refractivity contribution is 7.26. The zero-order valence-corrected chi connectivity index (χ0v) is 39.8.